The third-order valence-electron chi connectivity index (χ3n) is 3.42. The molecule has 0 saturated carbocycles. The van der Waals surface area contributed by atoms with Gasteiger partial charge < -0.3 is 0 Å². The number of fused-ring (bicyclic) bond motifs is 3. The molecule has 3 aromatic heterocycles. The summed E-state index contributed by atoms with van der Waals surface area (Å²) in [5, 5.41) is 8.32. The average Bonchev–Trinajstić information content (AvgIpc) is 2.95. The van der Waals surface area contributed by atoms with Gasteiger partial charge in [-0.2, -0.15) is 0 Å². The zero-order chi connectivity index (χ0) is 15.3. The first kappa shape index (κ1) is 13.5. The van der Waals surface area contributed by atoms with Gasteiger partial charge in [-0.3, -0.25) is 4.40 Å². The van der Waals surface area contributed by atoms with Crippen LogP contribution in [0.2, 0.25) is 0 Å². The third kappa shape index (κ3) is 1.96. The second-order valence-corrected chi connectivity index (χ2v) is 6.10. The van der Waals surface area contributed by atoms with E-state index in [1.807, 2.05) is 19.1 Å². The first-order valence-electron chi connectivity index (χ1n) is 6.57. The van der Waals surface area contributed by atoms with Crippen LogP contribution in [-0.4, -0.2) is 24.6 Å². The van der Waals surface area contributed by atoms with Crippen molar-refractivity contribution in [2.75, 3.05) is 0 Å². The highest BCUT2D eigenvalue weighted by molar-refractivity contribution is 14.1. The molecule has 3 heterocycles. The summed E-state index contributed by atoms with van der Waals surface area (Å²) in [6.07, 6.45) is 1.67. The molecule has 0 saturated heterocycles. The van der Waals surface area contributed by atoms with Gasteiger partial charge in [0.2, 0.25) is 0 Å². The number of aromatic nitrogens is 5. The number of pyridine rings is 1. The number of rotatable bonds is 1. The summed E-state index contributed by atoms with van der Waals surface area (Å²) in [6, 6.07) is 8.57. The van der Waals surface area contributed by atoms with Crippen LogP contribution < -0.4 is 0 Å². The summed E-state index contributed by atoms with van der Waals surface area (Å²) >= 11 is 2.14. The van der Waals surface area contributed by atoms with Crippen LogP contribution in [0, 0.1) is 16.3 Å². The number of hydrogen-bond donors (Lipinski definition) is 0. The van der Waals surface area contributed by atoms with Gasteiger partial charge in [0.25, 0.3) is 0 Å². The van der Waals surface area contributed by atoms with E-state index in [1.165, 1.54) is 6.07 Å². The third-order valence-corrected chi connectivity index (χ3v) is 4.09. The largest absolute Gasteiger partial charge is 0.255 e. The van der Waals surface area contributed by atoms with Crippen molar-refractivity contribution in [3.8, 4) is 11.4 Å². The van der Waals surface area contributed by atoms with Crippen molar-refractivity contribution >= 4 is 39.4 Å². The van der Waals surface area contributed by atoms with Gasteiger partial charge >= 0.3 is 0 Å². The van der Waals surface area contributed by atoms with E-state index in [9.17, 15) is 4.39 Å². The monoisotopic (exact) mass is 405 g/mol. The summed E-state index contributed by atoms with van der Waals surface area (Å²) in [4.78, 5) is 8.83. The van der Waals surface area contributed by atoms with Crippen molar-refractivity contribution in [2.45, 2.75) is 6.92 Å². The SMILES string of the molecule is Cc1nc2cccnc2n2c(-c3cc(I)ccc3F)nnc12. The fourth-order valence-corrected chi connectivity index (χ4v) is 2.93. The molecule has 5 nitrogen and oxygen atoms in total. The second-order valence-electron chi connectivity index (χ2n) is 4.85. The molecule has 22 heavy (non-hydrogen) atoms. The Hall–Kier alpha value is -2.16. The van der Waals surface area contributed by atoms with E-state index in [4.69, 9.17) is 0 Å². The highest BCUT2D eigenvalue weighted by Gasteiger charge is 2.17. The lowest BCUT2D eigenvalue weighted by Crippen LogP contribution is -2.00. The van der Waals surface area contributed by atoms with Gasteiger partial charge in [0.05, 0.1) is 11.3 Å². The summed E-state index contributed by atoms with van der Waals surface area (Å²) < 4.78 is 16.9. The first-order chi connectivity index (χ1) is 10.6. The Balaban J connectivity index is 2.18. The minimum Gasteiger partial charge on any atom is -0.255 e. The van der Waals surface area contributed by atoms with Crippen molar-refractivity contribution in [1.29, 1.82) is 0 Å². The zero-order valence-electron chi connectivity index (χ0n) is 11.5. The Morgan fingerprint density at radius 2 is 2.00 bits per heavy atom. The Morgan fingerprint density at radius 3 is 2.86 bits per heavy atom. The van der Waals surface area contributed by atoms with Gasteiger partial charge in [-0.05, 0) is 59.8 Å². The lowest BCUT2D eigenvalue weighted by atomic mass is 10.2. The Labute approximate surface area is 138 Å². The quantitative estimate of drug-likeness (QED) is 0.456. The molecule has 4 rings (SSSR count). The number of aryl methyl sites for hydroxylation is 1. The van der Waals surface area contributed by atoms with Crippen LogP contribution in [0.4, 0.5) is 4.39 Å². The number of benzene rings is 1. The Kier molecular flexibility index (Phi) is 3.03. The maximum absolute atomic E-state index is 14.2. The van der Waals surface area contributed by atoms with E-state index in [2.05, 4.69) is 42.8 Å². The van der Waals surface area contributed by atoms with Crippen LogP contribution in [0.15, 0.2) is 36.5 Å². The normalized spacial score (nSPS) is 11.4. The molecule has 0 amide bonds. The molecule has 4 aromatic rings. The van der Waals surface area contributed by atoms with E-state index < -0.39 is 0 Å². The maximum Gasteiger partial charge on any atom is 0.184 e. The van der Waals surface area contributed by atoms with E-state index >= 15 is 0 Å². The van der Waals surface area contributed by atoms with Crippen molar-refractivity contribution < 1.29 is 4.39 Å². The average molecular weight is 405 g/mol. The van der Waals surface area contributed by atoms with E-state index in [0.29, 0.717) is 22.7 Å². The summed E-state index contributed by atoms with van der Waals surface area (Å²) in [6.45, 7) is 1.85. The van der Waals surface area contributed by atoms with Crippen LogP contribution in [0.1, 0.15) is 5.69 Å². The van der Waals surface area contributed by atoms with Crippen LogP contribution in [0.5, 0.6) is 0 Å². The van der Waals surface area contributed by atoms with Crippen LogP contribution in [-0.2, 0) is 0 Å². The first-order valence-corrected chi connectivity index (χ1v) is 7.65. The molecule has 1 aromatic carbocycles. The Morgan fingerprint density at radius 1 is 1.14 bits per heavy atom. The molecule has 0 aliphatic carbocycles. The van der Waals surface area contributed by atoms with Gasteiger partial charge in [0.1, 0.15) is 11.3 Å². The predicted molar refractivity (Wildman–Crippen MR) is 88.9 cm³/mol. The fraction of sp³-hybridized carbons (Fsp3) is 0.0667. The maximum atomic E-state index is 14.2. The van der Waals surface area contributed by atoms with Gasteiger partial charge in [0, 0.05) is 9.77 Å². The molecule has 0 aliphatic heterocycles. The second kappa shape index (κ2) is 4.94. The smallest absolute Gasteiger partial charge is 0.184 e. The standard InChI is InChI=1S/C15H9FIN5/c1-8-13-20-21-14(10-7-9(17)4-5-11(10)16)22(13)15-12(19-8)3-2-6-18-15/h2-7H,1H3. The molecule has 108 valence electrons. The van der Waals surface area contributed by atoms with Crippen LogP contribution >= 0.6 is 22.6 Å². The molecule has 0 bridgehead atoms. The van der Waals surface area contributed by atoms with Crippen molar-refractivity contribution in [3.05, 3.63) is 51.6 Å². The Bertz CT molecular complexity index is 1030. The number of nitrogens with zero attached hydrogens (tertiary/aromatic N) is 5. The fourth-order valence-electron chi connectivity index (χ4n) is 2.44. The van der Waals surface area contributed by atoms with Crippen molar-refractivity contribution in [2.24, 2.45) is 0 Å². The molecule has 7 heteroatoms. The number of halogens is 2. The minimum absolute atomic E-state index is 0.340. The molecule has 0 aliphatic rings. The van der Waals surface area contributed by atoms with Crippen LogP contribution in [0.25, 0.3) is 28.2 Å². The van der Waals surface area contributed by atoms with Gasteiger partial charge in [0.15, 0.2) is 17.1 Å². The highest BCUT2D eigenvalue weighted by Crippen LogP contribution is 2.26. The van der Waals surface area contributed by atoms with Gasteiger partial charge in [-0.15, -0.1) is 10.2 Å². The molecular weight excluding hydrogens is 396 g/mol. The molecule has 0 unspecified atom stereocenters. The van der Waals surface area contributed by atoms with E-state index in [0.717, 1.165) is 14.8 Å². The lowest BCUT2D eigenvalue weighted by Gasteiger charge is -2.06. The summed E-state index contributed by atoms with van der Waals surface area (Å²) in [5.41, 5.74) is 3.04. The van der Waals surface area contributed by atoms with E-state index in [-0.39, 0.29) is 5.82 Å². The molecule has 0 spiro atoms. The highest BCUT2D eigenvalue weighted by atomic mass is 127. The molecule has 0 atom stereocenters. The lowest BCUT2D eigenvalue weighted by molar-refractivity contribution is 0.629. The summed E-state index contributed by atoms with van der Waals surface area (Å²) in [5.74, 6) is 0.0912. The molecular formula is C15H9FIN5. The van der Waals surface area contributed by atoms with Gasteiger partial charge in [-0.25, -0.2) is 14.4 Å². The molecule has 0 N–H and O–H groups in total. The van der Waals surface area contributed by atoms with Crippen LogP contribution in [0.3, 0.4) is 0 Å². The zero-order valence-corrected chi connectivity index (χ0v) is 13.6. The van der Waals surface area contributed by atoms with Gasteiger partial charge in [-0.1, -0.05) is 0 Å². The molecule has 0 fully saturated rings. The number of hydrogen-bond acceptors (Lipinski definition) is 4. The minimum atomic E-state index is -0.340. The van der Waals surface area contributed by atoms with E-state index in [1.54, 1.807) is 22.7 Å². The van der Waals surface area contributed by atoms with Crippen molar-refractivity contribution in [1.82, 2.24) is 24.6 Å². The summed E-state index contributed by atoms with van der Waals surface area (Å²) in [7, 11) is 0. The van der Waals surface area contributed by atoms with Crippen molar-refractivity contribution in [3.63, 3.8) is 0 Å². The predicted octanol–water partition coefficient (Wildman–Crippen LogP) is 3.39. The molecule has 0 radical (unpaired) electrons. The topological polar surface area (TPSA) is 56.0 Å².